The lowest BCUT2D eigenvalue weighted by atomic mass is 10.0. The number of nitro groups is 1. The van der Waals surface area contributed by atoms with Crippen molar-refractivity contribution >= 4 is 11.7 Å². The van der Waals surface area contributed by atoms with Gasteiger partial charge in [0.25, 0.3) is 5.91 Å². The van der Waals surface area contributed by atoms with E-state index in [1.54, 1.807) is 18.9 Å². The Bertz CT molecular complexity index is 784. The second kappa shape index (κ2) is 6.92. The molecule has 0 spiro atoms. The highest BCUT2D eigenvalue weighted by Crippen LogP contribution is 2.33. The Hall–Kier alpha value is -2.90. The smallest absolute Gasteiger partial charge is 0.343 e. The highest BCUT2D eigenvalue weighted by atomic mass is 16.6. The highest BCUT2D eigenvalue weighted by molar-refractivity contribution is 5.77. The third-order valence-electron chi connectivity index (χ3n) is 4.59. The van der Waals surface area contributed by atoms with Crippen molar-refractivity contribution in [2.45, 2.75) is 32.4 Å². The Morgan fingerprint density at radius 1 is 1.40 bits per heavy atom. The zero-order valence-electron chi connectivity index (χ0n) is 14.2. The number of likely N-dealkylation sites (tertiary alicyclic amines) is 1. The molecule has 1 atom stereocenters. The fourth-order valence-electron chi connectivity index (χ4n) is 3.26. The lowest BCUT2D eigenvalue weighted by molar-refractivity contribution is -0.392. The van der Waals surface area contributed by atoms with Crippen LogP contribution in [-0.4, -0.2) is 38.9 Å². The van der Waals surface area contributed by atoms with E-state index in [2.05, 4.69) is 4.98 Å². The van der Waals surface area contributed by atoms with Gasteiger partial charge in [-0.15, -0.1) is 0 Å². The molecule has 0 saturated carbocycles. The predicted molar refractivity (Wildman–Crippen MR) is 90.3 cm³/mol. The Labute approximate surface area is 145 Å². The maximum absolute atomic E-state index is 12.8. The van der Waals surface area contributed by atoms with Crippen molar-refractivity contribution in [3.05, 3.63) is 52.0 Å². The van der Waals surface area contributed by atoms with E-state index in [1.807, 2.05) is 24.3 Å². The van der Waals surface area contributed by atoms with E-state index in [1.165, 1.54) is 10.8 Å². The topological polar surface area (TPSA) is 90.5 Å². The van der Waals surface area contributed by atoms with Gasteiger partial charge in [-0.05, 0) is 35.5 Å². The molecular formula is C17H20N4O4. The minimum atomic E-state index is -0.516. The second-order valence-corrected chi connectivity index (χ2v) is 6.03. The molecule has 1 aromatic heterocycles. The maximum atomic E-state index is 12.8. The first kappa shape index (κ1) is 16.9. The Balaban J connectivity index is 1.79. The number of ether oxygens (including phenoxy) is 1. The third kappa shape index (κ3) is 3.33. The lowest BCUT2D eigenvalue weighted by Crippen LogP contribution is -2.33. The summed E-state index contributed by atoms with van der Waals surface area (Å²) < 4.78 is 6.52. The summed E-state index contributed by atoms with van der Waals surface area (Å²) in [7, 11) is 1.61. The van der Waals surface area contributed by atoms with Crippen LogP contribution in [0.15, 0.2) is 30.5 Å². The minimum Gasteiger partial charge on any atom is -0.497 e. The Morgan fingerprint density at radius 3 is 2.76 bits per heavy atom. The van der Waals surface area contributed by atoms with Gasteiger partial charge in [0, 0.05) is 13.5 Å². The van der Waals surface area contributed by atoms with Gasteiger partial charge in [0.1, 0.15) is 11.9 Å². The van der Waals surface area contributed by atoms with Crippen molar-refractivity contribution in [2.75, 3.05) is 13.7 Å². The molecule has 1 unspecified atom stereocenters. The van der Waals surface area contributed by atoms with Gasteiger partial charge in [0.05, 0.1) is 13.2 Å². The van der Waals surface area contributed by atoms with Gasteiger partial charge >= 0.3 is 5.82 Å². The van der Waals surface area contributed by atoms with E-state index in [-0.39, 0.29) is 24.3 Å². The van der Waals surface area contributed by atoms with Crippen LogP contribution in [0, 0.1) is 17.0 Å². The molecule has 8 nitrogen and oxygen atoms in total. The first-order valence-electron chi connectivity index (χ1n) is 8.11. The SMILES string of the molecule is COc1ccc(C2CCCN2C(=O)Cn2c([N+](=O)[O-])cnc2C)cc1. The molecule has 1 fully saturated rings. The van der Waals surface area contributed by atoms with E-state index in [4.69, 9.17) is 4.74 Å². The zero-order valence-corrected chi connectivity index (χ0v) is 14.2. The molecule has 8 heteroatoms. The maximum Gasteiger partial charge on any atom is 0.343 e. The quantitative estimate of drug-likeness (QED) is 0.614. The number of amides is 1. The van der Waals surface area contributed by atoms with Gasteiger partial charge in [-0.3, -0.25) is 4.79 Å². The first-order valence-corrected chi connectivity index (χ1v) is 8.11. The number of carbonyl (C=O) groups is 1. The molecule has 0 bridgehead atoms. The van der Waals surface area contributed by atoms with Crippen molar-refractivity contribution in [1.82, 2.24) is 14.5 Å². The predicted octanol–water partition coefficient (Wildman–Crippen LogP) is 2.47. The number of aromatic nitrogens is 2. The van der Waals surface area contributed by atoms with Crippen LogP contribution in [0.2, 0.25) is 0 Å². The number of nitrogens with zero attached hydrogens (tertiary/aromatic N) is 4. The molecule has 132 valence electrons. The molecule has 1 amide bonds. The molecule has 2 aromatic rings. The molecule has 25 heavy (non-hydrogen) atoms. The van der Waals surface area contributed by atoms with Gasteiger partial charge in [-0.2, -0.15) is 0 Å². The molecule has 1 aliphatic rings. The molecule has 1 aliphatic heterocycles. The van der Waals surface area contributed by atoms with E-state index in [0.717, 1.165) is 24.2 Å². The second-order valence-electron chi connectivity index (χ2n) is 6.03. The van der Waals surface area contributed by atoms with Gasteiger partial charge in [0.2, 0.25) is 0 Å². The first-order chi connectivity index (χ1) is 12.0. The number of carbonyl (C=O) groups excluding carboxylic acids is 1. The summed E-state index contributed by atoms with van der Waals surface area (Å²) >= 11 is 0. The summed E-state index contributed by atoms with van der Waals surface area (Å²) in [5, 5.41) is 11.1. The third-order valence-corrected chi connectivity index (χ3v) is 4.59. The number of hydrogen-bond donors (Lipinski definition) is 0. The van der Waals surface area contributed by atoms with Crippen LogP contribution < -0.4 is 4.74 Å². The van der Waals surface area contributed by atoms with E-state index < -0.39 is 4.92 Å². The van der Waals surface area contributed by atoms with Gasteiger partial charge in [0.15, 0.2) is 12.4 Å². The number of rotatable bonds is 5. The van der Waals surface area contributed by atoms with Crippen molar-refractivity contribution in [2.24, 2.45) is 0 Å². The molecule has 1 aromatic carbocycles. The highest BCUT2D eigenvalue weighted by Gasteiger charge is 2.32. The lowest BCUT2D eigenvalue weighted by Gasteiger charge is -2.24. The van der Waals surface area contributed by atoms with Gasteiger partial charge in [-0.25, -0.2) is 9.55 Å². The molecular weight excluding hydrogens is 324 g/mol. The molecule has 0 N–H and O–H groups in total. The molecule has 1 saturated heterocycles. The zero-order chi connectivity index (χ0) is 18.0. The van der Waals surface area contributed by atoms with Crippen LogP contribution in [0.25, 0.3) is 0 Å². The van der Waals surface area contributed by atoms with Crippen LogP contribution in [0.1, 0.15) is 30.3 Å². The summed E-state index contributed by atoms with van der Waals surface area (Å²) in [6, 6.07) is 7.66. The van der Waals surface area contributed by atoms with Crippen molar-refractivity contribution in [3.8, 4) is 5.75 Å². The fourth-order valence-corrected chi connectivity index (χ4v) is 3.26. The summed E-state index contributed by atoms with van der Waals surface area (Å²) in [6.45, 7) is 2.23. The normalized spacial score (nSPS) is 16.9. The number of hydrogen-bond acceptors (Lipinski definition) is 5. The van der Waals surface area contributed by atoms with Gasteiger partial charge in [-0.1, -0.05) is 12.1 Å². The van der Waals surface area contributed by atoms with Crippen molar-refractivity contribution in [1.29, 1.82) is 0 Å². The van der Waals surface area contributed by atoms with Crippen molar-refractivity contribution in [3.63, 3.8) is 0 Å². The molecule has 3 rings (SSSR count). The number of aryl methyl sites for hydroxylation is 1. The number of imidazole rings is 1. The van der Waals surface area contributed by atoms with E-state index in [0.29, 0.717) is 12.4 Å². The average Bonchev–Trinajstić information content (AvgIpc) is 3.22. The number of benzene rings is 1. The Morgan fingerprint density at radius 2 is 2.12 bits per heavy atom. The van der Waals surface area contributed by atoms with Crippen LogP contribution >= 0.6 is 0 Å². The van der Waals surface area contributed by atoms with Crippen molar-refractivity contribution < 1.29 is 14.5 Å². The molecule has 2 heterocycles. The summed E-state index contributed by atoms with van der Waals surface area (Å²) in [4.78, 5) is 29.1. The van der Waals surface area contributed by atoms with E-state index >= 15 is 0 Å². The van der Waals surface area contributed by atoms with Crippen LogP contribution in [0.5, 0.6) is 5.75 Å². The largest absolute Gasteiger partial charge is 0.497 e. The summed E-state index contributed by atoms with van der Waals surface area (Å²) in [5.74, 6) is 0.929. The summed E-state index contributed by atoms with van der Waals surface area (Å²) in [5.41, 5.74) is 1.04. The Kier molecular flexibility index (Phi) is 4.69. The monoisotopic (exact) mass is 344 g/mol. The average molecular weight is 344 g/mol. The standard InChI is InChI=1S/C17H20N4O4/c1-12-18-10-16(21(23)24)20(12)11-17(22)19-9-3-4-15(19)13-5-7-14(25-2)8-6-13/h5-8,10,15H,3-4,9,11H2,1-2H3. The van der Waals surface area contributed by atoms with Gasteiger partial charge < -0.3 is 19.8 Å². The van der Waals surface area contributed by atoms with Crippen LogP contribution in [0.3, 0.4) is 0 Å². The number of methoxy groups -OCH3 is 1. The summed E-state index contributed by atoms with van der Waals surface area (Å²) in [6.07, 6.45) is 2.98. The minimum absolute atomic E-state index is 0.0127. The molecule has 0 radical (unpaired) electrons. The van der Waals surface area contributed by atoms with Crippen LogP contribution in [0.4, 0.5) is 5.82 Å². The molecule has 0 aliphatic carbocycles. The van der Waals surface area contributed by atoms with Crippen LogP contribution in [-0.2, 0) is 11.3 Å². The van der Waals surface area contributed by atoms with E-state index in [9.17, 15) is 14.9 Å². The fraction of sp³-hybridized carbons (Fsp3) is 0.412.